The minimum absolute atomic E-state index is 0.196. The number of amides is 2. The van der Waals surface area contributed by atoms with Gasteiger partial charge in [0.1, 0.15) is 6.17 Å². The zero-order chi connectivity index (χ0) is 26.2. The van der Waals surface area contributed by atoms with E-state index in [0.717, 1.165) is 0 Å². The lowest BCUT2D eigenvalue weighted by molar-refractivity contribution is -0.384. The molecule has 2 amide bonds. The van der Waals surface area contributed by atoms with E-state index in [9.17, 15) is 19.7 Å². The predicted molar refractivity (Wildman–Crippen MR) is 130 cm³/mol. The van der Waals surface area contributed by atoms with Crippen LogP contribution in [0.4, 0.5) is 5.69 Å². The summed E-state index contributed by atoms with van der Waals surface area (Å²) in [6.07, 6.45) is -1.11. The van der Waals surface area contributed by atoms with E-state index in [1.165, 1.54) is 70.9 Å². The number of non-ortho nitro benzene ring substituents is 1. The van der Waals surface area contributed by atoms with Crippen LogP contribution < -0.4 is 29.6 Å². The molecule has 2 N–H and O–H groups in total. The first kappa shape index (κ1) is 25.8. The number of hydrogen-bond acceptors (Lipinski definition) is 8. The van der Waals surface area contributed by atoms with Crippen molar-refractivity contribution in [3.05, 3.63) is 87.5 Å². The Morgan fingerprint density at radius 1 is 0.722 bits per heavy atom. The molecule has 11 heteroatoms. The van der Waals surface area contributed by atoms with Gasteiger partial charge in [-0.25, -0.2) is 0 Å². The van der Waals surface area contributed by atoms with Crippen LogP contribution in [-0.2, 0) is 0 Å². The van der Waals surface area contributed by atoms with E-state index >= 15 is 0 Å². The Hall–Kier alpha value is -4.80. The van der Waals surface area contributed by atoms with Gasteiger partial charge >= 0.3 is 0 Å². The fourth-order valence-electron chi connectivity index (χ4n) is 3.40. The van der Waals surface area contributed by atoms with Crippen molar-refractivity contribution >= 4 is 17.5 Å². The fourth-order valence-corrected chi connectivity index (χ4v) is 3.40. The second-order valence-corrected chi connectivity index (χ2v) is 7.37. The largest absolute Gasteiger partial charge is 0.493 e. The third kappa shape index (κ3) is 5.81. The van der Waals surface area contributed by atoms with Crippen molar-refractivity contribution in [3.63, 3.8) is 0 Å². The van der Waals surface area contributed by atoms with Gasteiger partial charge in [0.05, 0.1) is 33.4 Å². The van der Waals surface area contributed by atoms with E-state index in [1.54, 1.807) is 18.2 Å². The smallest absolute Gasteiger partial charge is 0.269 e. The molecular weight excluding hydrogens is 470 g/mol. The molecule has 0 atom stereocenters. The Morgan fingerprint density at radius 3 is 1.61 bits per heavy atom. The molecular formula is C25H25N3O8. The molecule has 3 aromatic carbocycles. The number of nitro benzene ring substituents is 1. The molecule has 0 aromatic heterocycles. The third-order valence-electron chi connectivity index (χ3n) is 5.26. The van der Waals surface area contributed by atoms with E-state index in [-0.39, 0.29) is 16.8 Å². The molecule has 11 nitrogen and oxygen atoms in total. The van der Waals surface area contributed by atoms with Gasteiger partial charge in [-0.1, -0.05) is 12.1 Å². The number of nitrogens with zero attached hydrogens (tertiary/aromatic N) is 1. The zero-order valence-corrected chi connectivity index (χ0v) is 20.1. The van der Waals surface area contributed by atoms with Crippen LogP contribution in [0.15, 0.2) is 60.7 Å². The normalized spacial score (nSPS) is 10.4. The lowest BCUT2D eigenvalue weighted by Gasteiger charge is -2.21. The summed E-state index contributed by atoms with van der Waals surface area (Å²) in [7, 11) is 5.82. The quantitative estimate of drug-likeness (QED) is 0.248. The molecule has 0 radical (unpaired) electrons. The van der Waals surface area contributed by atoms with Crippen molar-refractivity contribution in [1.29, 1.82) is 0 Å². The lowest BCUT2D eigenvalue weighted by Crippen LogP contribution is -2.41. The van der Waals surface area contributed by atoms with Gasteiger partial charge in [-0.2, -0.15) is 0 Å². The Bertz CT molecular complexity index is 1210. The second-order valence-electron chi connectivity index (χ2n) is 7.37. The first-order valence-corrected chi connectivity index (χ1v) is 10.6. The van der Waals surface area contributed by atoms with Crippen molar-refractivity contribution in [1.82, 2.24) is 10.6 Å². The average molecular weight is 495 g/mol. The molecule has 0 aliphatic carbocycles. The highest BCUT2D eigenvalue weighted by Gasteiger charge is 2.22. The number of methoxy groups -OCH3 is 4. The van der Waals surface area contributed by atoms with Crippen LogP contribution in [0.25, 0.3) is 0 Å². The van der Waals surface area contributed by atoms with Crippen LogP contribution in [-0.4, -0.2) is 45.2 Å². The Balaban J connectivity index is 1.94. The van der Waals surface area contributed by atoms with E-state index in [0.29, 0.717) is 28.6 Å². The van der Waals surface area contributed by atoms with Crippen molar-refractivity contribution in [2.75, 3.05) is 28.4 Å². The maximum atomic E-state index is 13.1. The number of nitro groups is 1. The SMILES string of the molecule is COc1ccc(C(=O)NC(NC(=O)c2ccc(OC)c(OC)c2)c2cccc([N+](=O)[O-])c2)cc1OC. The minimum Gasteiger partial charge on any atom is -0.493 e. The highest BCUT2D eigenvalue weighted by molar-refractivity contribution is 5.97. The van der Waals surface area contributed by atoms with Gasteiger partial charge in [-0.05, 0) is 36.4 Å². The molecule has 0 spiro atoms. The fraction of sp³-hybridized carbons (Fsp3) is 0.200. The van der Waals surface area contributed by atoms with Crippen molar-refractivity contribution in [2.45, 2.75) is 6.17 Å². The summed E-state index contributed by atoms with van der Waals surface area (Å²) in [6.45, 7) is 0. The number of nitrogens with one attached hydrogen (secondary N) is 2. The molecule has 0 heterocycles. The second kappa shape index (κ2) is 11.6. The van der Waals surface area contributed by atoms with Gasteiger partial charge in [-0.3, -0.25) is 19.7 Å². The summed E-state index contributed by atoms with van der Waals surface area (Å²) in [5.74, 6) is 0.440. The van der Waals surface area contributed by atoms with Gasteiger partial charge in [0.25, 0.3) is 17.5 Å². The van der Waals surface area contributed by atoms with E-state index in [1.807, 2.05) is 0 Å². The van der Waals surface area contributed by atoms with Gasteiger partial charge in [0.15, 0.2) is 23.0 Å². The predicted octanol–water partition coefficient (Wildman–Crippen LogP) is 3.49. The lowest BCUT2D eigenvalue weighted by atomic mass is 10.1. The van der Waals surface area contributed by atoms with Gasteiger partial charge < -0.3 is 29.6 Å². The Labute approximate surface area is 207 Å². The summed E-state index contributed by atoms with van der Waals surface area (Å²) in [5.41, 5.74) is 0.553. The number of carbonyl (C=O) groups is 2. The highest BCUT2D eigenvalue weighted by Crippen LogP contribution is 2.29. The van der Waals surface area contributed by atoms with Gasteiger partial charge in [-0.15, -0.1) is 0 Å². The van der Waals surface area contributed by atoms with E-state index in [4.69, 9.17) is 18.9 Å². The Kier molecular flexibility index (Phi) is 8.29. The molecule has 0 fully saturated rings. The molecule has 188 valence electrons. The summed E-state index contributed by atoms with van der Waals surface area (Å²) >= 11 is 0. The van der Waals surface area contributed by atoms with Crippen molar-refractivity contribution < 1.29 is 33.5 Å². The molecule has 0 aliphatic rings. The average Bonchev–Trinajstić information content (AvgIpc) is 2.91. The van der Waals surface area contributed by atoms with Crippen LogP contribution >= 0.6 is 0 Å². The molecule has 36 heavy (non-hydrogen) atoms. The molecule has 0 saturated heterocycles. The summed E-state index contributed by atoms with van der Waals surface area (Å²) in [5, 5.41) is 16.7. The standard InChI is InChI=1S/C25H25N3O8/c1-33-19-10-8-16(13-21(19)35-3)24(29)26-23(15-6-5-7-18(12-15)28(31)32)27-25(30)17-9-11-20(34-2)22(14-17)36-4/h5-14,23H,1-4H3,(H,26,29)(H,27,30). The van der Waals surface area contributed by atoms with Crippen LogP contribution in [0.1, 0.15) is 32.4 Å². The maximum Gasteiger partial charge on any atom is 0.269 e. The molecule has 0 bridgehead atoms. The zero-order valence-electron chi connectivity index (χ0n) is 20.1. The minimum atomic E-state index is -1.11. The first-order valence-electron chi connectivity index (χ1n) is 10.6. The molecule has 0 aliphatic heterocycles. The number of carbonyl (C=O) groups excluding carboxylic acids is 2. The van der Waals surface area contributed by atoms with Crippen LogP contribution in [0.3, 0.4) is 0 Å². The molecule has 3 aromatic rings. The van der Waals surface area contributed by atoms with Crippen molar-refractivity contribution in [2.24, 2.45) is 0 Å². The summed E-state index contributed by atoms with van der Waals surface area (Å²) in [4.78, 5) is 36.9. The highest BCUT2D eigenvalue weighted by atomic mass is 16.6. The number of rotatable bonds is 10. The van der Waals surface area contributed by atoms with E-state index in [2.05, 4.69) is 10.6 Å². The van der Waals surface area contributed by atoms with Crippen LogP contribution in [0.5, 0.6) is 23.0 Å². The Morgan fingerprint density at radius 2 is 1.19 bits per heavy atom. The number of benzene rings is 3. The molecule has 0 saturated carbocycles. The summed E-state index contributed by atoms with van der Waals surface area (Å²) < 4.78 is 20.9. The topological polar surface area (TPSA) is 138 Å². The first-order chi connectivity index (χ1) is 17.3. The number of hydrogen-bond donors (Lipinski definition) is 2. The van der Waals surface area contributed by atoms with Gasteiger partial charge in [0, 0.05) is 28.8 Å². The van der Waals surface area contributed by atoms with Crippen molar-refractivity contribution in [3.8, 4) is 23.0 Å². The summed E-state index contributed by atoms with van der Waals surface area (Å²) in [6, 6.07) is 14.8. The third-order valence-corrected chi connectivity index (χ3v) is 5.26. The number of ether oxygens (including phenoxy) is 4. The van der Waals surface area contributed by atoms with E-state index < -0.39 is 22.9 Å². The van der Waals surface area contributed by atoms with Crippen LogP contribution in [0.2, 0.25) is 0 Å². The van der Waals surface area contributed by atoms with Gasteiger partial charge in [0.2, 0.25) is 0 Å². The maximum absolute atomic E-state index is 13.1. The molecule has 3 rings (SSSR count). The van der Waals surface area contributed by atoms with Crippen LogP contribution in [0, 0.1) is 10.1 Å². The monoisotopic (exact) mass is 495 g/mol. The molecule has 0 unspecified atom stereocenters.